The van der Waals surface area contributed by atoms with Gasteiger partial charge in [0.25, 0.3) is 5.91 Å². The van der Waals surface area contributed by atoms with E-state index in [4.69, 9.17) is 4.74 Å². The van der Waals surface area contributed by atoms with Crippen LogP contribution in [0.25, 0.3) is 0 Å². The molecule has 0 spiro atoms. The summed E-state index contributed by atoms with van der Waals surface area (Å²) in [6.07, 6.45) is 0. The highest BCUT2D eigenvalue weighted by atomic mass is 16.5. The summed E-state index contributed by atoms with van der Waals surface area (Å²) in [5, 5.41) is 2.83. The number of rotatable bonds is 3. The van der Waals surface area contributed by atoms with Crippen molar-refractivity contribution in [3.05, 3.63) is 34.4 Å². The van der Waals surface area contributed by atoms with Crippen LogP contribution < -0.4 is 5.32 Å². The first-order valence-electron chi connectivity index (χ1n) is 7.32. The number of carbonyl (C=O) groups is 2. The number of hydrogen-bond acceptors (Lipinski definition) is 4. The number of aryl methyl sites for hydroxylation is 2. The second-order valence-electron chi connectivity index (χ2n) is 6.16. The lowest BCUT2D eigenvalue weighted by Gasteiger charge is -2.21. The first-order chi connectivity index (χ1) is 10.2. The van der Waals surface area contributed by atoms with Crippen LogP contribution in [-0.4, -0.2) is 30.4 Å². The fourth-order valence-corrected chi connectivity index (χ4v) is 2.54. The van der Waals surface area contributed by atoms with Crippen molar-refractivity contribution in [1.82, 2.24) is 5.32 Å². The van der Waals surface area contributed by atoms with Crippen LogP contribution in [0.1, 0.15) is 47.8 Å². The molecular weight excluding hydrogens is 280 g/mol. The Balaban J connectivity index is 2.66. The van der Waals surface area contributed by atoms with Gasteiger partial charge in [0.15, 0.2) is 0 Å². The van der Waals surface area contributed by atoms with Crippen molar-refractivity contribution in [2.24, 2.45) is 10.9 Å². The van der Waals surface area contributed by atoms with E-state index in [0.29, 0.717) is 17.0 Å². The van der Waals surface area contributed by atoms with Crippen molar-refractivity contribution in [1.29, 1.82) is 0 Å². The van der Waals surface area contributed by atoms with E-state index in [0.717, 1.165) is 11.1 Å². The number of esters is 1. The summed E-state index contributed by atoms with van der Waals surface area (Å²) in [6, 6.07) is 3.78. The van der Waals surface area contributed by atoms with Crippen LogP contribution in [0.4, 0.5) is 0 Å². The zero-order chi connectivity index (χ0) is 16.7. The Morgan fingerprint density at radius 2 is 1.86 bits per heavy atom. The monoisotopic (exact) mass is 302 g/mol. The number of hydrogen-bond donors (Lipinski definition) is 1. The summed E-state index contributed by atoms with van der Waals surface area (Å²) >= 11 is 0. The number of benzene rings is 1. The van der Waals surface area contributed by atoms with Gasteiger partial charge in [0.1, 0.15) is 11.4 Å². The smallest absolute Gasteiger partial charge is 0.338 e. The molecule has 2 rings (SSSR count). The average molecular weight is 302 g/mol. The molecule has 0 aliphatic carbocycles. The first kappa shape index (κ1) is 16.2. The Morgan fingerprint density at radius 3 is 2.36 bits per heavy atom. The lowest BCUT2D eigenvalue weighted by Crippen LogP contribution is -2.41. The molecule has 0 saturated carbocycles. The molecule has 1 unspecified atom stereocenters. The number of amides is 1. The van der Waals surface area contributed by atoms with E-state index >= 15 is 0 Å². The van der Waals surface area contributed by atoms with Gasteiger partial charge in [-0.1, -0.05) is 26.0 Å². The molecule has 1 heterocycles. The zero-order valence-electron chi connectivity index (χ0n) is 13.9. The van der Waals surface area contributed by atoms with Gasteiger partial charge in [-0.15, -0.1) is 0 Å². The maximum absolute atomic E-state index is 12.3. The maximum Gasteiger partial charge on any atom is 0.338 e. The van der Waals surface area contributed by atoms with Crippen LogP contribution in [0, 0.1) is 19.8 Å². The third-order valence-corrected chi connectivity index (χ3v) is 4.41. The molecule has 1 N–H and O–H groups in total. The maximum atomic E-state index is 12.3. The van der Waals surface area contributed by atoms with Gasteiger partial charge < -0.3 is 10.1 Å². The van der Waals surface area contributed by atoms with E-state index in [9.17, 15) is 9.59 Å². The molecule has 0 radical (unpaired) electrons. The van der Waals surface area contributed by atoms with Gasteiger partial charge in [0, 0.05) is 5.56 Å². The SMILES string of the molecule is COC(=O)c1c(C)ccc(C)c1C1=NC(C)(C(C)C)C(=O)N1. The summed E-state index contributed by atoms with van der Waals surface area (Å²) in [5.74, 6) is -0.0694. The van der Waals surface area contributed by atoms with Gasteiger partial charge in [0.2, 0.25) is 0 Å². The van der Waals surface area contributed by atoms with E-state index in [1.165, 1.54) is 7.11 Å². The number of ether oxygens (including phenoxy) is 1. The Morgan fingerprint density at radius 1 is 1.27 bits per heavy atom. The van der Waals surface area contributed by atoms with Crippen molar-refractivity contribution < 1.29 is 14.3 Å². The molecule has 1 aromatic carbocycles. The molecule has 1 aliphatic rings. The normalized spacial score (nSPS) is 20.9. The van der Waals surface area contributed by atoms with E-state index in [-0.39, 0.29) is 11.8 Å². The Hall–Kier alpha value is -2.17. The van der Waals surface area contributed by atoms with Crippen LogP contribution in [-0.2, 0) is 9.53 Å². The topological polar surface area (TPSA) is 67.8 Å². The quantitative estimate of drug-likeness (QED) is 0.872. The van der Waals surface area contributed by atoms with Gasteiger partial charge in [-0.25, -0.2) is 4.79 Å². The van der Waals surface area contributed by atoms with Crippen molar-refractivity contribution in [2.45, 2.75) is 40.2 Å². The number of methoxy groups -OCH3 is 1. The molecule has 0 saturated heterocycles. The molecule has 1 aliphatic heterocycles. The highest BCUT2D eigenvalue weighted by Crippen LogP contribution is 2.29. The van der Waals surface area contributed by atoms with Gasteiger partial charge in [-0.05, 0) is 37.8 Å². The molecule has 0 aromatic heterocycles. The van der Waals surface area contributed by atoms with Crippen LogP contribution in [0.15, 0.2) is 17.1 Å². The largest absolute Gasteiger partial charge is 0.465 e. The lowest BCUT2D eigenvalue weighted by molar-refractivity contribution is -0.124. The fraction of sp³-hybridized carbons (Fsp3) is 0.471. The molecule has 0 fully saturated rings. The number of nitrogens with zero attached hydrogens (tertiary/aromatic N) is 1. The molecule has 22 heavy (non-hydrogen) atoms. The standard InChI is InChI=1S/C17H22N2O3/c1-9(2)17(5)16(21)18-14(19-17)12-10(3)7-8-11(4)13(12)15(20)22-6/h7-9H,1-6H3,(H,18,19,21). The van der Waals surface area contributed by atoms with Crippen LogP contribution in [0.3, 0.4) is 0 Å². The fourth-order valence-electron chi connectivity index (χ4n) is 2.54. The van der Waals surface area contributed by atoms with E-state index in [1.807, 2.05) is 46.8 Å². The summed E-state index contributed by atoms with van der Waals surface area (Å²) in [7, 11) is 1.35. The molecule has 1 aromatic rings. The average Bonchev–Trinajstić information content (AvgIpc) is 2.77. The lowest BCUT2D eigenvalue weighted by atomic mass is 9.89. The van der Waals surface area contributed by atoms with Crippen molar-refractivity contribution in [3.63, 3.8) is 0 Å². The molecule has 5 heteroatoms. The molecule has 1 atom stereocenters. The molecule has 1 amide bonds. The van der Waals surface area contributed by atoms with Gasteiger partial charge in [0.05, 0.1) is 12.7 Å². The minimum absolute atomic E-state index is 0.0525. The highest BCUT2D eigenvalue weighted by molar-refractivity contribution is 6.19. The Labute approximate surface area is 130 Å². The van der Waals surface area contributed by atoms with Crippen molar-refractivity contribution in [2.75, 3.05) is 7.11 Å². The summed E-state index contributed by atoms with van der Waals surface area (Å²) in [5.41, 5.74) is 1.94. The predicted octanol–water partition coefficient (Wildman–Crippen LogP) is 2.38. The van der Waals surface area contributed by atoms with Gasteiger partial charge in [-0.2, -0.15) is 0 Å². The zero-order valence-corrected chi connectivity index (χ0v) is 13.9. The van der Waals surface area contributed by atoms with Gasteiger partial charge in [-0.3, -0.25) is 9.79 Å². The number of carbonyl (C=O) groups excluding carboxylic acids is 2. The predicted molar refractivity (Wildman–Crippen MR) is 85.2 cm³/mol. The Kier molecular flexibility index (Phi) is 4.09. The van der Waals surface area contributed by atoms with Crippen LogP contribution in [0.2, 0.25) is 0 Å². The highest BCUT2D eigenvalue weighted by Gasteiger charge is 2.43. The van der Waals surface area contributed by atoms with Crippen molar-refractivity contribution >= 4 is 17.7 Å². The molecule has 118 valence electrons. The number of nitrogens with one attached hydrogen (secondary N) is 1. The molecular formula is C17H22N2O3. The summed E-state index contributed by atoms with van der Waals surface area (Å²) in [4.78, 5) is 29.1. The minimum Gasteiger partial charge on any atom is -0.465 e. The number of aliphatic imine (C=N–C) groups is 1. The van der Waals surface area contributed by atoms with E-state index < -0.39 is 11.5 Å². The van der Waals surface area contributed by atoms with Crippen LogP contribution >= 0.6 is 0 Å². The third kappa shape index (κ3) is 2.40. The number of amidine groups is 1. The second-order valence-corrected chi connectivity index (χ2v) is 6.16. The molecule has 5 nitrogen and oxygen atoms in total. The minimum atomic E-state index is -0.821. The summed E-state index contributed by atoms with van der Waals surface area (Å²) < 4.78 is 4.89. The van der Waals surface area contributed by atoms with Crippen molar-refractivity contribution in [3.8, 4) is 0 Å². The van der Waals surface area contributed by atoms with Crippen LogP contribution in [0.5, 0.6) is 0 Å². The Bertz CT molecular complexity index is 677. The summed E-state index contributed by atoms with van der Waals surface area (Å²) in [6.45, 7) is 9.45. The van der Waals surface area contributed by atoms with E-state index in [2.05, 4.69) is 10.3 Å². The molecule has 0 bridgehead atoms. The van der Waals surface area contributed by atoms with Gasteiger partial charge >= 0.3 is 5.97 Å². The third-order valence-electron chi connectivity index (χ3n) is 4.41. The van der Waals surface area contributed by atoms with E-state index in [1.54, 1.807) is 0 Å². The second kappa shape index (κ2) is 5.55. The first-order valence-corrected chi connectivity index (χ1v) is 7.32.